The Morgan fingerprint density at radius 2 is 1.83 bits per heavy atom. The van der Waals surface area contributed by atoms with E-state index < -0.39 is 17.6 Å². The first-order valence-corrected chi connectivity index (χ1v) is 7.27. The molecule has 2 amide bonds. The fraction of sp³-hybridized carbons (Fsp3) is 0.111. The van der Waals surface area contributed by atoms with Crippen molar-refractivity contribution in [3.8, 4) is 5.75 Å². The van der Waals surface area contributed by atoms with Crippen LogP contribution >= 0.6 is 0 Å². The molecule has 0 aromatic heterocycles. The average Bonchev–Trinajstić information content (AvgIpc) is 2.84. The summed E-state index contributed by atoms with van der Waals surface area (Å²) in [5.41, 5.74) is 4.50. The van der Waals surface area contributed by atoms with Crippen molar-refractivity contribution in [3.05, 3.63) is 65.0 Å². The van der Waals surface area contributed by atoms with Crippen molar-refractivity contribution < 1.29 is 18.7 Å². The molecule has 1 saturated heterocycles. The van der Waals surface area contributed by atoms with Gasteiger partial charge in [-0.05, 0) is 60.5 Å². The van der Waals surface area contributed by atoms with Crippen LogP contribution in [0.2, 0.25) is 0 Å². The fourth-order valence-electron chi connectivity index (χ4n) is 2.49. The van der Waals surface area contributed by atoms with Crippen LogP contribution in [0.3, 0.4) is 0 Å². The topological polar surface area (TPSA) is 58.6 Å². The second kappa shape index (κ2) is 6.16. The van der Waals surface area contributed by atoms with Crippen molar-refractivity contribution in [1.29, 1.82) is 0 Å². The number of hydrogen-bond acceptors (Lipinski definition) is 3. The zero-order valence-electron chi connectivity index (χ0n) is 13.2. The standard InChI is InChI=1S/C18H15FN2O3/c1-11-9-12(3-8-16(11)24-2)10-15-17(22)20-21(18(15)23)14-6-4-13(19)5-7-14/h3-10H,1-2H3,(H,20,22)/b15-10+. The number of nitrogens with one attached hydrogen (secondary N) is 1. The van der Waals surface area contributed by atoms with E-state index in [1.165, 1.54) is 30.3 Å². The number of benzene rings is 2. The van der Waals surface area contributed by atoms with Gasteiger partial charge in [-0.15, -0.1) is 0 Å². The van der Waals surface area contributed by atoms with E-state index in [2.05, 4.69) is 5.43 Å². The summed E-state index contributed by atoms with van der Waals surface area (Å²) in [4.78, 5) is 24.6. The molecule has 0 radical (unpaired) electrons. The molecule has 122 valence electrons. The third kappa shape index (κ3) is 2.86. The minimum absolute atomic E-state index is 0.0175. The molecule has 3 rings (SSSR count). The van der Waals surface area contributed by atoms with Crippen molar-refractivity contribution in [2.45, 2.75) is 6.92 Å². The largest absolute Gasteiger partial charge is 0.496 e. The van der Waals surface area contributed by atoms with Crippen molar-refractivity contribution in [2.24, 2.45) is 0 Å². The zero-order valence-corrected chi connectivity index (χ0v) is 13.2. The SMILES string of the molecule is COc1ccc(/C=C2\C(=O)NN(c3ccc(F)cc3)C2=O)cc1C. The van der Waals surface area contributed by atoms with E-state index >= 15 is 0 Å². The van der Waals surface area contributed by atoms with Gasteiger partial charge in [-0.2, -0.15) is 0 Å². The van der Waals surface area contributed by atoms with Gasteiger partial charge in [0, 0.05) is 0 Å². The van der Waals surface area contributed by atoms with Crippen LogP contribution in [0.5, 0.6) is 5.75 Å². The number of carbonyl (C=O) groups excluding carboxylic acids is 2. The molecule has 5 nitrogen and oxygen atoms in total. The van der Waals surface area contributed by atoms with Crippen LogP contribution in [0.1, 0.15) is 11.1 Å². The number of hydrogen-bond donors (Lipinski definition) is 1. The lowest BCUT2D eigenvalue weighted by Crippen LogP contribution is -2.35. The fourth-order valence-corrected chi connectivity index (χ4v) is 2.49. The summed E-state index contributed by atoms with van der Waals surface area (Å²) in [6.07, 6.45) is 1.52. The van der Waals surface area contributed by atoms with Crippen molar-refractivity contribution in [3.63, 3.8) is 0 Å². The van der Waals surface area contributed by atoms with Crippen LogP contribution in [0, 0.1) is 12.7 Å². The van der Waals surface area contributed by atoms with Crippen LogP contribution in [0.4, 0.5) is 10.1 Å². The van der Waals surface area contributed by atoms with Gasteiger partial charge in [-0.25, -0.2) is 9.40 Å². The lowest BCUT2D eigenvalue weighted by molar-refractivity contribution is -0.117. The van der Waals surface area contributed by atoms with Gasteiger partial charge in [0.25, 0.3) is 11.8 Å². The number of ether oxygens (including phenoxy) is 1. The normalized spacial score (nSPS) is 15.8. The van der Waals surface area contributed by atoms with Crippen LogP contribution in [0.25, 0.3) is 6.08 Å². The predicted octanol–water partition coefficient (Wildman–Crippen LogP) is 2.60. The molecule has 1 aliphatic heterocycles. The van der Waals surface area contributed by atoms with Gasteiger partial charge in [0.1, 0.15) is 17.1 Å². The molecule has 1 N–H and O–H groups in total. The highest BCUT2D eigenvalue weighted by atomic mass is 19.1. The average molecular weight is 326 g/mol. The highest BCUT2D eigenvalue weighted by Gasteiger charge is 2.34. The summed E-state index contributed by atoms with van der Waals surface area (Å²) in [5, 5.41) is 1.10. The maximum Gasteiger partial charge on any atom is 0.282 e. The predicted molar refractivity (Wildman–Crippen MR) is 87.7 cm³/mol. The Labute approximate surface area is 138 Å². The molecule has 0 atom stereocenters. The molecule has 1 heterocycles. The van der Waals surface area contributed by atoms with Crippen LogP contribution in [-0.4, -0.2) is 18.9 Å². The van der Waals surface area contributed by atoms with Gasteiger partial charge in [-0.1, -0.05) is 6.07 Å². The molecule has 6 heteroatoms. The van der Waals surface area contributed by atoms with Crippen LogP contribution in [0.15, 0.2) is 48.0 Å². The third-order valence-electron chi connectivity index (χ3n) is 3.71. The highest BCUT2D eigenvalue weighted by Crippen LogP contribution is 2.24. The van der Waals surface area contributed by atoms with E-state index in [1.54, 1.807) is 19.2 Å². The molecule has 0 bridgehead atoms. The zero-order chi connectivity index (χ0) is 17.3. The van der Waals surface area contributed by atoms with Crippen LogP contribution in [-0.2, 0) is 9.59 Å². The molecule has 1 fully saturated rings. The molecule has 2 aromatic carbocycles. The monoisotopic (exact) mass is 326 g/mol. The molecule has 0 saturated carbocycles. The summed E-state index contributed by atoms with van der Waals surface area (Å²) in [6, 6.07) is 10.7. The number of carbonyl (C=O) groups is 2. The number of hydrazine groups is 1. The van der Waals surface area contributed by atoms with Gasteiger partial charge >= 0.3 is 0 Å². The van der Waals surface area contributed by atoms with Crippen molar-refractivity contribution >= 4 is 23.6 Å². The third-order valence-corrected chi connectivity index (χ3v) is 3.71. The van der Waals surface area contributed by atoms with Gasteiger partial charge in [-0.3, -0.25) is 15.0 Å². The number of rotatable bonds is 3. The Morgan fingerprint density at radius 3 is 2.46 bits per heavy atom. The highest BCUT2D eigenvalue weighted by molar-refractivity contribution is 6.31. The second-order valence-electron chi connectivity index (χ2n) is 5.34. The minimum atomic E-state index is -0.502. The molecule has 0 aliphatic carbocycles. The van der Waals surface area contributed by atoms with E-state index in [0.717, 1.165) is 16.3 Å². The summed E-state index contributed by atoms with van der Waals surface area (Å²) in [5.74, 6) is -0.675. The van der Waals surface area contributed by atoms with Crippen molar-refractivity contribution in [1.82, 2.24) is 5.43 Å². The Balaban J connectivity index is 1.91. The first-order chi connectivity index (χ1) is 11.5. The summed E-state index contributed by atoms with van der Waals surface area (Å²) >= 11 is 0. The number of anilines is 1. The van der Waals surface area contributed by atoms with Crippen LogP contribution < -0.4 is 15.2 Å². The number of nitrogens with zero attached hydrogens (tertiary/aromatic N) is 1. The number of aryl methyl sites for hydroxylation is 1. The van der Waals surface area contributed by atoms with Gasteiger partial charge in [0.15, 0.2) is 0 Å². The van der Waals surface area contributed by atoms with E-state index in [-0.39, 0.29) is 5.57 Å². The Hall–Kier alpha value is -3.15. The quantitative estimate of drug-likeness (QED) is 0.697. The molecular weight excluding hydrogens is 311 g/mol. The summed E-state index contributed by atoms with van der Waals surface area (Å²) < 4.78 is 18.2. The van der Waals surface area contributed by atoms with Gasteiger partial charge in [0.05, 0.1) is 12.8 Å². The number of halogens is 1. The Morgan fingerprint density at radius 1 is 1.12 bits per heavy atom. The first kappa shape index (κ1) is 15.7. The van der Waals surface area contributed by atoms with Gasteiger partial charge in [0.2, 0.25) is 0 Å². The maximum atomic E-state index is 13.0. The molecular formula is C18H15FN2O3. The minimum Gasteiger partial charge on any atom is -0.496 e. The molecule has 24 heavy (non-hydrogen) atoms. The first-order valence-electron chi connectivity index (χ1n) is 7.27. The van der Waals surface area contributed by atoms with E-state index in [4.69, 9.17) is 4.74 Å². The molecule has 1 aliphatic rings. The molecule has 0 spiro atoms. The maximum absolute atomic E-state index is 13.0. The van der Waals surface area contributed by atoms with E-state index in [0.29, 0.717) is 11.3 Å². The number of methoxy groups -OCH3 is 1. The molecule has 0 unspecified atom stereocenters. The summed E-state index contributed by atoms with van der Waals surface area (Å²) in [7, 11) is 1.58. The number of amides is 2. The Kier molecular flexibility index (Phi) is 4.04. The summed E-state index contributed by atoms with van der Waals surface area (Å²) in [6.45, 7) is 1.88. The Bertz CT molecular complexity index is 844. The van der Waals surface area contributed by atoms with E-state index in [9.17, 15) is 14.0 Å². The van der Waals surface area contributed by atoms with Gasteiger partial charge < -0.3 is 4.74 Å². The second-order valence-corrected chi connectivity index (χ2v) is 5.34. The lowest BCUT2D eigenvalue weighted by Gasteiger charge is -2.14. The smallest absolute Gasteiger partial charge is 0.282 e. The van der Waals surface area contributed by atoms with Crippen molar-refractivity contribution in [2.75, 3.05) is 12.1 Å². The molecule has 2 aromatic rings. The van der Waals surface area contributed by atoms with E-state index in [1.807, 2.05) is 13.0 Å². The lowest BCUT2D eigenvalue weighted by atomic mass is 10.1.